The van der Waals surface area contributed by atoms with Gasteiger partial charge in [0.05, 0.1) is 5.69 Å². The number of carbonyl (C=O) groups excluding carboxylic acids is 1. The van der Waals surface area contributed by atoms with Crippen molar-refractivity contribution in [1.82, 2.24) is 29.3 Å². The minimum Gasteiger partial charge on any atom is -0.337 e. The highest BCUT2D eigenvalue weighted by Gasteiger charge is 2.26. The van der Waals surface area contributed by atoms with Crippen molar-refractivity contribution in [1.29, 1.82) is 0 Å². The molecule has 0 saturated carbocycles. The molecule has 3 aromatic rings. The second-order valence-electron chi connectivity index (χ2n) is 8.31. The Labute approximate surface area is 165 Å². The number of imidazole rings is 1. The van der Waals surface area contributed by atoms with Gasteiger partial charge in [-0.3, -0.25) is 9.48 Å². The summed E-state index contributed by atoms with van der Waals surface area (Å²) in [5.74, 6) is 0.985. The maximum absolute atomic E-state index is 13.0. The molecule has 7 nitrogen and oxygen atoms in total. The highest BCUT2D eigenvalue weighted by atomic mass is 16.2. The third-order valence-electron chi connectivity index (χ3n) is 5.37. The van der Waals surface area contributed by atoms with Crippen molar-refractivity contribution >= 4 is 11.6 Å². The molecule has 1 amide bonds. The molecule has 0 unspecified atom stereocenters. The number of nitrogens with zero attached hydrogens (tertiary/aromatic N) is 6. The Balaban J connectivity index is 1.43. The van der Waals surface area contributed by atoms with Crippen LogP contribution in [0.25, 0.3) is 5.65 Å². The molecule has 1 saturated heterocycles. The van der Waals surface area contributed by atoms with Crippen LogP contribution in [0.4, 0.5) is 0 Å². The summed E-state index contributed by atoms with van der Waals surface area (Å²) < 4.78 is 3.91. The van der Waals surface area contributed by atoms with Gasteiger partial charge >= 0.3 is 0 Å². The first-order valence-electron chi connectivity index (χ1n) is 10.1. The van der Waals surface area contributed by atoms with Crippen LogP contribution >= 0.6 is 0 Å². The molecule has 7 heteroatoms. The van der Waals surface area contributed by atoms with Gasteiger partial charge in [0.15, 0.2) is 0 Å². The van der Waals surface area contributed by atoms with E-state index in [0.29, 0.717) is 17.5 Å². The lowest BCUT2D eigenvalue weighted by atomic mass is 9.98. The Morgan fingerprint density at radius 2 is 2.14 bits per heavy atom. The number of likely N-dealkylation sites (tertiary alicyclic amines) is 1. The van der Waals surface area contributed by atoms with Gasteiger partial charge < -0.3 is 9.30 Å². The smallest absolute Gasteiger partial charge is 0.274 e. The number of hydrogen-bond donors (Lipinski definition) is 0. The molecule has 1 fully saturated rings. The summed E-state index contributed by atoms with van der Waals surface area (Å²) in [5.41, 5.74) is 3.45. The van der Waals surface area contributed by atoms with Crippen LogP contribution in [0.1, 0.15) is 48.6 Å². The van der Waals surface area contributed by atoms with Crippen LogP contribution in [0.5, 0.6) is 0 Å². The molecule has 4 rings (SSSR count). The fourth-order valence-corrected chi connectivity index (χ4v) is 4.02. The van der Waals surface area contributed by atoms with E-state index < -0.39 is 0 Å². The number of fused-ring (bicyclic) bond motifs is 1. The highest BCUT2D eigenvalue weighted by molar-refractivity contribution is 5.93. The van der Waals surface area contributed by atoms with Crippen molar-refractivity contribution in [2.45, 2.75) is 46.6 Å². The summed E-state index contributed by atoms with van der Waals surface area (Å²) in [6.45, 7) is 8.73. The van der Waals surface area contributed by atoms with Gasteiger partial charge in [-0.25, -0.2) is 4.98 Å². The molecule has 0 radical (unpaired) electrons. The number of carbonyl (C=O) groups is 1. The molecule has 1 aliphatic heterocycles. The van der Waals surface area contributed by atoms with Crippen molar-refractivity contribution < 1.29 is 4.79 Å². The van der Waals surface area contributed by atoms with E-state index in [1.54, 1.807) is 0 Å². The highest BCUT2D eigenvalue weighted by Crippen LogP contribution is 2.21. The fourth-order valence-electron chi connectivity index (χ4n) is 4.02. The third kappa shape index (κ3) is 3.93. The van der Waals surface area contributed by atoms with Crippen LogP contribution in [-0.4, -0.2) is 48.3 Å². The molecular formula is C21H28N6O. The average molecular weight is 380 g/mol. The second kappa shape index (κ2) is 7.73. The Morgan fingerprint density at radius 1 is 1.29 bits per heavy atom. The molecule has 0 N–H and O–H groups in total. The van der Waals surface area contributed by atoms with Crippen LogP contribution in [-0.2, 0) is 13.0 Å². The van der Waals surface area contributed by atoms with Gasteiger partial charge in [0.2, 0.25) is 0 Å². The zero-order valence-corrected chi connectivity index (χ0v) is 16.9. The van der Waals surface area contributed by atoms with E-state index in [1.807, 2.05) is 51.5 Å². The number of amides is 1. The van der Waals surface area contributed by atoms with Crippen LogP contribution in [0.2, 0.25) is 0 Å². The molecule has 0 spiro atoms. The zero-order chi connectivity index (χ0) is 19.7. The number of hydrogen-bond acceptors (Lipinski definition) is 4. The molecule has 0 aliphatic carbocycles. The first-order chi connectivity index (χ1) is 13.5. The van der Waals surface area contributed by atoms with Gasteiger partial charge in [0.25, 0.3) is 5.91 Å². The standard InChI is InChI=1S/C21H28N6O/c1-15(2)10-18-13-26(24-23-18)12-17-7-5-9-25(11-17)21(28)19-14-27-16(3)6-4-8-20(27)22-19/h4,6,8,13-15,17H,5,7,9-12H2,1-3H3/t17-/m0/s1. The number of aryl methyl sites for hydroxylation is 1. The van der Waals surface area contributed by atoms with Gasteiger partial charge in [-0.1, -0.05) is 25.1 Å². The van der Waals surface area contributed by atoms with E-state index in [9.17, 15) is 4.79 Å². The summed E-state index contributed by atoms with van der Waals surface area (Å²) in [4.78, 5) is 19.5. The van der Waals surface area contributed by atoms with Crippen LogP contribution < -0.4 is 0 Å². The SMILES string of the molecule is Cc1cccc2nc(C(=O)N3CCC[C@H](Cn4cc(CC(C)C)nn4)C3)cn12. The van der Waals surface area contributed by atoms with Crippen molar-refractivity contribution in [3.63, 3.8) is 0 Å². The van der Waals surface area contributed by atoms with Gasteiger partial charge in [0.1, 0.15) is 11.3 Å². The van der Waals surface area contributed by atoms with Gasteiger partial charge in [0, 0.05) is 37.7 Å². The van der Waals surface area contributed by atoms with Crippen molar-refractivity contribution in [2.75, 3.05) is 13.1 Å². The molecule has 28 heavy (non-hydrogen) atoms. The third-order valence-corrected chi connectivity index (χ3v) is 5.37. The maximum Gasteiger partial charge on any atom is 0.274 e. The first-order valence-corrected chi connectivity index (χ1v) is 10.1. The van der Waals surface area contributed by atoms with Crippen LogP contribution in [0.3, 0.4) is 0 Å². The van der Waals surface area contributed by atoms with E-state index in [1.165, 1.54) is 0 Å². The molecule has 0 bridgehead atoms. The lowest BCUT2D eigenvalue weighted by Crippen LogP contribution is -2.41. The maximum atomic E-state index is 13.0. The number of aromatic nitrogens is 5. The lowest BCUT2D eigenvalue weighted by molar-refractivity contribution is 0.0654. The Bertz CT molecular complexity index is 972. The summed E-state index contributed by atoms with van der Waals surface area (Å²) in [7, 11) is 0. The van der Waals surface area contributed by atoms with Crippen LogP contribution in [0, 0.1) is 18.8 Å². The van der Waals surface area contributed by atoms with E-state index in [4.69, 9.17) is 0 Å². The summed E-state index contributed by atoms with van der Waals surface area (Å²) in [6, 6.07) is 5.92. The fraction of sp³-hybridized carbons (Fsp3) is 0.524. The molecule has 0 aromatic carbocycles. The number of piperidine rings is 1. The van der Waals surface area contributed by atoms with Gasteiger partial charge in [-0.05, 0) is 50.2 Å². The quantitative estimate of drug-likeness (QED) is 0.682. The monoisotopic (exact) mass is 380 g/mol. The Morgan fingerprint density at radius 3 is 2.93 bits per heavy atom. The predicted octanol–water partition coefficient (Wildman–Crippen LogP) is 2.99. The van der Waals surface area contributed by atoms with Gasteiger partial charge in [-0.15, -0.1) is 5.10 Å². The normalized spacial score (nSPS) is 17.6. The second-order valence-corrected chi connectivity index (χ2v) is 8.31. The summed E-state index contributed by atoms with van der Waals surface area (Å²) in [5, 5.41) is 8.55. The Hall–Kier alpha value is -2.70. The number of rotatable bonds is 5. The average Bonchev–Trinajstić information content (AvgIpc) is 3.28. The van der Waals surface area contributed by atoms with E-state index in [-0.39, 0.29) is 5.91 Å². The van der Waals surface area contributed by atoms with Gasteiger partial charge in [-0.2, -0.15) is 0 Å². The molecular weight excluding hydrogens is 352 g/mol. The predicted molar refractivity (Wildman–Crippen MR) is 107 cm³/mol. The largest absolute Gasteiger partial charge is 0.337 e. The lowest BCUT2D eigenvalue weighted by Gasteiger charge is -2.32. The molecule has 3 aromatic heterocycles. The van der Waals surface area contributed by atoms with Crippen molar-refractivity contribution in [3.8, 4) is 0 Å². The first kappa shape index (κ1) is 18.7. The van der Waals surface area contributed by atoms with Crippen LogP contribution in [0.15, 0.2) is 30.6 Å². The van der Waals surface area contributed by atoms with E-state index in [0.717, 1.165) is 55.9 Å². The minimum absolute atomic E-state index is 0.0203. The van der Waals surface area contributed by atoms with Crippen molar-refractivity contribution in [2.24, 2.45) is 11.8 Å². The summed E-state index contributed by atoms with van der Waals surface area (Å²) >= 11 is 0. The van der Waals surface area contributed by atoms with Crippen molar-refractivity contribution in [3.05, 3.63) is 47.7 Å². The minimum atomic E-state index is 0.0203. The molecule has 148 valence electrons. The van der Waals surface area contributed by atoms with E-state index >= 15 is 0 Å². The Kier molecular flexibility index (Phi) is 5.15. The van der Waals surface area contributed by atoms with E-state index in [2.05, 4.69) is 29.1 Å². The number of pyridine rings is 1. The molecule has 1 atom stereocenters. The zero-order valence-electron chi connectivity index (χ0n) is 16.9. The molecule has 1 aliphatic rings. The summed E-state index contributed by atoms with van der Waals surface area (Å²) in [6.07, 6.45) is 6.96. The molecule has 4 heterocycles. The topological polar surface area (TPSA) is 68.3 Å².